The van der Waals surface area contributed by atoms with Gasteiger partial charge in [0.15, 0.2) is 5.96 Å². The van der Waals surface area contributed by atoms with Crippen molar-refractivity contribution in [2.45, 2.75) is 53.5 Å². The minimum absolute atomic E-state index is 0. The summed E-state index contributed by atoms with van der Waals surface area (Å²) in [6, 6.07) is 8.80. The van der Waals surface area contributed by atoms with E-state index in [1.165, 1.54) is 22.4 Å². The van der Waals surface area contributed by atoms with Gasteiger partial charge in [-0.2, -0.15) is 5.10 Å². The number of aliphatic imine (C=N–C) groups is 1. The monoisotopic (exact) mass is 483 g/mol. The van der Waals surface area contributed by atoms with Crippen LogP contribution in [0.3, 0.4) is 0 Å². The summed E-state index contributed by atoms with van der Waals surface area (Å²) in [6.07, 6.45) is 1.90. The van der Waals surface area contributed by atoms with E-state index in [0.29, 0.717) is 0 Å². The summed E-state index contributed by atoms with van der Waals surface area (Å²) >= 11 is 0. The first-order valence-electron chi connectivity index (χ1n) is 9.50. The van der Waals surface area contributed by atoms with E-state index in [1.807, 2.05) is 11.7 Å². The third-order valence-corrected chi connectivity index (χ3v) is 4.81. The Hall–Kier alpha value is -1.57. The van der Waals surface area contributed by atoms with Crippen LogP contribution in [0.25, 0.3) is 0 Å². The fourth-order valence-electron chi connectivity index (χ4n) is 3.20. The molecule has 5 nitrogen and oxygen atoms in total. The van der Waals surface area contributed by atoms with Crippen LogP contribution in [0.1, 0.15) is 41.9 Å². The summed E-state index contributed by atoms with van der Waals surface area (Å²) in [5.41, 5.74) is 6.36. The summed E-state index contributed by atoms with van der Waals surface area (Å²) in [4.78, 5) is 4.76. The van der Waals surface area contributed by atoms with Crippen LogP contribution in [-0.4, -0.2) is 34.9 Å². The molecule has 0 aliphatic heterocycles. The quantitative estimate of drug-likeness (QED) is 0.359. The zero-order valence-electron chi connectivity index (χ0n) is 17.5. The zero-order valence-corrected chi connectivity index (χ0v) is 19.8. The highest BCUT2D eigenvalue weighted by Crippen LogP contribution is 2.14. The molecule has 0 amide bonds. The van der Waals surface area contributed by atoms with Gasteiger partial charge in [-0.25, -0.2) is 0 Å². The number of hydrogen-bond donors (Lipinski definition) is 2. The van der Waals surface area contributed by atoms with Crippen molar-refractivity contribution < 1.29 is 0 Å². The molecule has 0 aliphatic carbocycles. The molecule has 0 bridgehead atoms. The summed E-state index contributed by atoms with van der Waals surface area (Å²) in [5.74, 6) is 0.882. The van der Waals surface area contributed by atoms with Crippen LogP contribution in [0.5, 0.6) is 0 Å². The smallest absolute Gasteiger partial charge is 0.191 e. The van der Waals surface area contributed by atoms with Crippen LogP contribution in [-0.2, 0) is 19.9 Å². The number of aromatic nitrogens is 2. The number of aryl methyl sites for hydroxylation is 3. The summed E-state index contributed by atoms with van der Waals surface area (Å²) in [5, 5.41) is 11.4. The van der Waals surface area contributed by atoms with Crippen LogP contribution >= 0.6 is 24.0 Å². The number of guanidine groups is 1. The maximum atomic E-state index is 4.76. The van der Waals surface area contributed by atoms with Crippen molar-refractivity contribution in [2.24, 2.45) is 12.0 Å². The first-order valence-corrected chi connectivity index (χ1v) is 9.50. The average molecular weight is 483 g/mol. The van der Waals surface area contributed by atoms with Crippen molar-refractivity contribution in [3.63, 3.8) is 0 Å². The zero-order chi connectivity index (χ0) is 19.1. The summed E-state index contributed by atoms with van der Waals surface area (Å²) in [6.45, 7) is 12.3. The number of hydrogen-bond acceptors (Lipinski definition) is 2. The van der Waals surface area contributed by atoms with E-state index in [1.54, 1.807) is 0 Å². The molecule has 0 radical (unpaired) electrons. The number of nitrogens with zero attached hydrogens (tertiary/aromatic N) is 3. The maximum absolute atomic E-state index is 4.76. The maximum Gasteiger partial charge on any atom is 0.191 e. The molecule has 2 N–H and O–H groups in total. The summed E-state index contributed by atoms with van der Waals surface area (Å²) < 4.78 is 1.96. The molecule has 0 fully saturated rings. The van der Waals surface area contributed by atoms with Gasteiger partial charge >= 0.3 is 0 Å². The number of halogens is 1. The largest absolute Gasteiger partial charge is 0.357 e. The first-order chi connectivity index (χ1) is 12.4. The molecule has 0 spiro atoms. The second-order valence-electron chi connectivity index (χ2n) is 6.96. The molecule has 2 rings (SSSR count). The number of benzene rings is 1. The Bertz CT molecular complexity index is 751. The predicted octanol–water partition coefficient (Wildman–Crippen LogP) is 3.69. The van der Waals surface area contributed by atoms with Crippen LogP contribution < -0.4 is 10.6 Å². The Morgan fingerprint density at radius 3 is 2.52 bits per heavy atom. The van der Waals surface area contributed by atoms with Gasteiger partial charge in [-0.15, -0.1) is 24.0 Å². The average Bonchev–Trinajstić information content (AvgIpc) is 2.83. The third kappa shape index (κ3) is 6.83. The van der Waals surface area contributed by atoms with E-state index in [2.05, 4.69) is 74.6 Å². The Morgan fingerprint density at radius 1 is 1.22 bits per heavy atom. The van der Waals surface area contributed by atoms with E-state index in [0.717, 1.165) is 37.6 Å². The minimum atomic E-state index is 0. The van der Waals surface area contributed by atoms with E-state index in [-0.39, 0.29) is 30.0 Å². The van der Waals surface area contributed by atoms with Crippen LogP contribution in [0.2, 0.25) is 0 Å². The normalized spacial score (nSPS) is 12.4. The third-order valence-electron chi connectivity index (χ3n) is 4.81. The molecule has 0 saturated carbocycles. The standard InChI is InChI=1S/C21H33N5.HI/c1-7-22-21(23-13-12-19-11-9-8-10-15(19)2)24-16(3)14-20-17(4)25-26(6)18(20)5;/h8-11,16H,7,12-14H2,1-6H3,(H2,22,23,24);1H. The van der Waals surface area contributed by atoms with Crippen molar-refractivity contribution in [2.75, 3.05) is 13.1 Å². The SMILES string of the molecule is CCNC(=NCCc1ccccc1C)NC(C)Cc1c(C)nn(C)c1C.I. The molecule has 1 heterocycles. The van der Waals surface area contributed by atoms with Gasteiger partial charge in [0.1, 0.15) is 0 Å². The second kappa shape index (κ2) is 11.3. The summed E-state index contributed by atoms with van der Waals surface area (Å²) in [7, 11) is 2.00. The van der Waals surface area contributed by atoms with Crippen molar-refractivity contribution in [1.29, 1.82) is 0 Å². The van der Waals surface area contributed by atoms with Crippen LogP contribution in [0, 0.1) is 20.8 Å². The fourth-order valence-corrected chi connectivity index (χ4v) is 3.20. The van der Waals surface area contributed by atoms with Gasteiger partial charge in [0.05, 0.1) is 5.69 Å². The van der Waals surface area contributed by atoms with Crippen molar-refractivity contribution in [1.82, 2.24) is 20.4 Å². The van der Waals surface area contributed by atoms with E-state index in [4.69, 9.17) is 4.99 Å². The lowest BCUT2D eigenvalue weighted by molar-refractivity contribution is 0.635. The number of rotatable bonds is 7. The van der Waals surface area contributed by atoms with Crippen molar-refractivity contribution >= 4 is 29.9 Å². The lowest BCUT2D eigenvalue weighted by Crippen LogP contribution is -2.43. The highest BCUT2D eigenvalue weighted by molar-refractivity contribution is 14.0. The van der Waals surface area contributed by atoms with Crippen molar-refractivity contribution in [3.8, 4) is 0 Å². The molecular formula is C21H34IN5. The highest BCUT2D eigenvalue weighted by atomic mass is 127. The Kier molecular flexibility index (Phi) is 9.83. The van der Waals surface area contributed by atoms with E-state index < -0.39 is 0 Å². The fraction of sp³-hybridized carbons (Fsp3) is 0.524. The molecule has 1 atom stereocenters. The topological polar surface area (TPSA) is 54.2 Å². The number of nitrogens with one attached hydrogen (secondary N) is 2. The molecule has 0 aliphatic rings. The Morgan fingerprint density at radius 2 is 1.93 bits per heavy atom. The second-order valence-corrected chi connectivity index (χ2v) is 6.96. The van der Waals surface area contributed by atoms with Gasteiger partial charge in [-0.05, 0) is 64.2 Å². The molecule has 0 saturated heterocycles. The van der Waals surface area contributed by atoms with Gasteiger partial charge in [0.2, 0.25) is 0 Å². The molecule has 1 unspecified atom stereocenters. The molecule has 150 valence electrons. The van der Waals surface area contributed by atoms with Gasteiger partial charge in [-0.3, -0.25) is 9.67 Å². The predicted molar refractivity (Wildman–Crippen MR) is 125 cm³/mol. The molecule has 1 aromatic carbocycles. The Labute approximate surface area is 181 Å². The lowest BCUT2D eigenvalue weighted by atomic mass is 10.1. The van der Waals surface area contributed by atoms with Crippen LogP contribution in [0.4, 0.5) is 0 Å². The van der Waals surface area contributed by atoms with Gasteiger partial charge in [0.25, 0.3) is 0 Å². The molecular weight excluding hydrogens is 449 g/mol. The first kappa shape index (κ1) is 23.5. The van der Waals surface area contributed by atoms with Crippen molar-refractivity contribution in [3.05, 3.63) is 52.3 Å². The van der Waals surface area contributed by atoms with Gasteiger partial charge < -0.3 is 10.6 Å². The molecule has 2 aromatic rings. The van der Waals surface area contributed by atoms with Gasteiger partial charge in [0, 0.05) is 31.9 Å². The minimum Gasteiger partial charge on any atom is -0.357 e. The highest BCUT2D eigenvalue weighted by Gasteiger charge is 2.14. The lowest BCUT2D eigenvalue weighted by Gasteiger charge is -2.18. The molecule has 27 heavy (non-hydrogen) atoms. The van der Waals surface area contributed by atoms with E-state index >= 15 is 0 Å². The molecule has 1 aromatic heterocycles. The van der Waals surface area contributed by atoms with Gasteiger partial charge in [-0.1, -0.05) is 24.3 Å². The Balaban J connectivity index is 0.00000364. The van der Waals surface area contributed by atoms with E-state index in [9.17, 15) is 0 Å². The van der Waals surface area contributed by atoms with Crippen LogP contribution in [0.15, 0.2) is 29.3 Å². The molecule has 6 heteroatoms.